The number of nitrogens with two attached hydrogens (primary N) is 1. The van der Waals surface area contributed by atoms with E-state index in [1.54, 1.807) is 6.33 Å². The molecule has 9 nitrogen and oxygen atoms in total. The molecule has 2 aromatic rings. The molecule has 118 valence electrons. The number of aromatic nitrogens is 4. The lowest BCUT2D eigenvalue weighted by Gasteiger charge is -2.19. The van der Waals surface area contributed by atoms with Gasteiger partial charge in [-0.3, -0.25) is 4.57 Å². The Hall–Kier alpha value is -1.80. The fourth-order valence-corrected chi connectivity index (χ4v) is 3.26. The quantitative estimate of drug-likeness (QED) is 0.598. The minimum atomic E-state index is -4.28. The lowest BCUT2D eigenvalue weighted by Crippen LogP contribution is -2.21. The van der Waals surface area contributed by atoms with Crippen molar-refractivity contribution in [2.45, 2.75) is 30.9 Å². The third-order valence-corrected chi connectivity index (χ3v) is 4.40. The molecule has 0 amide bonds. The molecule has 1 saturated carbocycles. The smallest absolute Gasteiger partial charge is 0.348 e. The van der Waals surface area contributed by atoms with Crippen molar-refractivity contribution in [2.24, 2.45) is 0 Å². The lowest BCUT2D eigenvalue weighted by atomic mass is 10.0. The van der Waals surface area contributed by atoms with Gasteiger partial charge in [0, 0.05) is 18.3 Å². The van der Waals surface area contributed by atoms with Gasteiger partial charge in [0.05, 0.1) is 11.9 Å². The highest BCUT2D eigenvalue weighted by atomic mass is 31.2. The maximum atomic E-state index is 10.9. The monoisotopic (exact) mass is 325 g/mol. The molecule has 3 rings (SSSR count). The zero-order valence-electron chi connectivity index (χ0n) is 11.6. The van der Waals surface area contributed by atoms with Gasteiger partial charge in [-0.1, -0.05) is 0 Å². The van der Waals surface area contributed by atoms with Crippen LogP contribution in [0.1, 0.15) is 25.3 Å². The summed E-state index contributed by atoms with van der Waals surface area (Å²) in [4.78, 5) is 30.0. The van der Waals surface area contributed by atoms with Gasteiger partial charge >= 0.3 is 7.60 Å². The normalized spacial score (nSPS) is 26.2. The summed E-state index contributed by atoms with van der Waals surface area (Å²) in [6.45, 7) is 0. The standard InChI is InChI=1S/C12H16N5O4P/c13-10-9-11(15-6-14-10)17(7-16-9)8-1-2-12(18,5-8)3-4-22(19,20)21/h3-4,6-8,18H,1-2,5H2,(H2,13,14,15)(H2,19,20,21)/b4-3+/t8-,12+/m0/s1. The Labute approximate surface area is 125 Å². The van der Waals surface area contributed by atoms with E-state index in [2.05, 4.69) is 15.0 Å². The van der Waals surface area contributed by atoms with Gasteiger partial charge in [-0.15, -0.1) is 0 Å². The van der Waals surface area contributed by atoms with Crippen molar-refractivity contribution in [3.05, 3.63) is 24.5 Å². The Kier molecular flexibility index (Phi) is 3.53. The summed E-state index contributed by atoms with van der Waals surface area (Å²) < 4.78 is 12.7. The minimum absolute atomic E-state index is 0.0780. The van der Waals surface area contributed by atoms with E-state index in [0.29, 0.717) is 36.2 Å². The molecule has 1 aliphatic rings. The summed E-state index contributed by atoms with van der Waals surface area (Å²) in [6, 6.07) is -0.0780. The minimum Gasteiger partial charge on any atom is -0.386 e. The van der Waals surface area contributed by atoms with E-state index < -0.39 is 13.2 Å². The van der Waals surface area contributed by atoms with Crippen LogP contribution in [-0.2, 0) is 4.57 Å². The molecule has 1 aliphatic carbocycles. The molecule has 2 heterocycles. The first-order valence-electron chi connectivity index (χ1n) is 6.68. The molecule has 0 aliphatic heterocycles. The number of nitrogen functional groups attached to an aromatic ring is 1. The van der Waals surface area contributed by atoms with Crippen molar-refractivity contribution >= 4 is 24.6 Å². The maximum absolute atomic E-state index is 10.9. The predicted molar refractivity (Wildman–Crippen MR) is 78.8 cm³/mol. The van der Waals surface area contributed by atoms with Crippen LogP contribution in [0.25, 0.3) is 11.2 Å². The number of rotatable bonds is 3. The second kappa shape index (κ2) is 5.13. The van der Waals surface area contributed by atoms with Gasteiger partial charge in [0.25, 0.3) is 0 Å². The summed E-state index contributed by atoms with van der Waals surface area (Å²) in [6.07, 6.45) is 5.49. The highest BCUT2D eigenvalue weighted by Gasteiger charge is 2.37. The Bertz CT molecular complexity index is 785. The van der Waals surface area contributed by atoms with Crippen molar-refractivity contribution in [1.82, 2.24) is 19.5 Å². The molecule has 0 spiro atoms. The molecule has 0 saturated heterocycles. The number of fused-ring (bicyclic) bond motifs is 1. The molecule has 0 aromatic carbocycles. The third kappa shape index (κ3) is 2.89. The molecule has 2 atom stereocenters. The van der Waals surface area contributed by atoms with Crippen LogP contribution in [0.3, 0.4) is 0 Å². The van der Waals surface area contributed by atoms with E-state index >= 15 is 0 Å². The zero-order valence-corrected chi connectivity index (χ0v) is 12.5. The van der Waals surface area contributed by atoms with Crippen LogP contribution >= 0.6 is 7.60 Å². The van der Waals surface area contributed by atoms with E-state index in [4.69, 9.17) is 15.5 Å². The summed E-state index contributed by atoms with van der Waals surface area (Å²) >= 11 is 0. The van der Waals surface area contributed by atoms with Crippen LogP contribution in [0.4, 0.5) is 5.82 Å². The van der Waals surface area contributed by atoms with Crippen LogP contribution in [0, 0.1) is 0 Å². The Morgan fingerprint density at radius 3 is 2.91 bits per heavy atom. The lowest BCUT2D eigenvalue weighted by molar-refractivity contribution is 0.0950. The second-order valence-corrected chi connectivity index (χ2v) is 6.96. The highest BCUT2D eigenvalue weighted by molar-refractivity contribution is 7.55. The molecular weight excluding hydrogens is 309 g/mol. The van der Waals surface area contributed by atoms with Crippen molar-refractivity contribution in [1.29, 1.82) is 0 Å². The summed E-state index contributed by atoms with van der Waals surface area (Å²) in [5.41, 5.74) is 5.58. The van der Waals surface area contributed by atoms with E-state index in [1.807, 2.05) is 4.57 Å². The Morgan fingerprint density at radius 2 is 2.18 bits per heavy atom. The van der Waals surface area contributed by atoms with Gasteiger partial charge in [-0.05, 0) is 18.9 Å². The largest absolute Gasteiger partial charge is 0.386 e. The van der Waals surface area contributed by atoms with Gasteiger partial charge < -0.3 is 25.2 Å². The second-order valence-electron chi connectivity index (χ2n) is 5.49. The molecular formula is C12H16N5O4P. The number of imidazole rings is 1. The fraction of sp³-hybridized carbons (Fsp3) is 0.417. The van der Waals surface area contributed by atoms with Crippen LogP contribution in [-0.4, -0.2) is 40.0 Å². The van der Waals surface area contributed by atoms with Crippen LogP contribution in [0.2, 0.25) is 0 Å². The van der Waals surface area contributed by atoms with E-state index in [1.165, 1.54) is 12.4 Å². The van der Waals surface area contributed by atoms with E-state index in [0.717, 1.165) is 5.82 Å². The Morgan fingerprint density at radius 1 is 1.41 bits per heavy atom. The van der Waals surface area contributed by atoms with Crippen LogP contribution in [0.5, 0.6) is 0 Å². The first-order chi connectivity index (χ1) is 10.3. The Balaban J connectivity index is 1.87. The predicted octanol–water partition coefficient (Wildman–Crippen LogP) is 0.556. The number of hydrogen-bond acceptors (Lipinski definition) is 6. The molecule has 0 unspecified atom stereocenters. The van der Waals surface area contributed by atoms with Crippen molar-refractivity contribution in [3.8, 4) is 0 Å². The third-order valence-electron chi connectivity index (χ3n) is 3.86. The molecule has 0 bridgehead atoms. The fourth-order valence-electron chi connectivity index (χ4n) is 2.79. The van der Waals surface area contributed by atoms with Crippen molar-refractivity contribution < 1.29 is 19.5 Å². The highest BCUT2D eigenvalue weighted by Crippen LogP contribution is 2.43. The van der Waals surface area contributed by atoms with Crippen molar-refractivity contribution in [3.63, 3.8) is 0 Å². The van der Waals surface area contributed by atoms with E-state index in [-0.39, 0.29) is 6.04 Å². The zero-order chi connectivity index (χ0) is 16.0. The number of anilines is 1. The summed E-state index contributed by atoms with van der Waals surface area (Å²) in [7, 11) is -4.28. The number of aliphatic hydroxyl groups is 1. The average molecular weight is 325 g/mol. The van der Waals surface area contributed by atoms with Crippen LogP contribution in [0.15, 0.2) is 24.5 Å². The van der Waals surface area contributed by atoms with Gasteiger partial charge in [-0.25, -0.2) is 15.0 Å². The van der Waals surface area contributed by atoms with Crippen LogP contribution < -0.4 is 5.73 Å². The number of nitrogens with zero attached hydrogens (tertiary/aromatic N) is 4. The number of hydrogen-bond donors (Lipinski definition) is 4. The molecule has 10 heteroatoms. The molecule has 2 aromatic heterocycles. The van der Waals surface area contributed by atoms with Crippen molar-refractivity contribution in [2.75, 3.05) is 5.73 Å². The average Bonchev–Trinajstić information content (AvgIpc) is 3.01. The van der Waals surface area contributed by atoms with Gasteiger partial charge in [0.2, 0.25) is 0 Å². The summed E-state index contributed by atoms with van der Waals surface area (Å²) in [5.74, 6) is 1.04. The first kappa shape index (κ1) is 15.1. The SMILES string of the molecule is Nc1ncnc2c1ncn2[C@H]1CC[C@@](O)(/C=C/P(=O)(O)O)C1. The van der Waals surface area contributed by atoms with Gasteiger partial charge in [-0.2, -0.15) is 0 Å². The molecule has 22 heavy (non-hydrogen) atoms. The van der Waals surface area contributed by atoms with Gasteiger partial charge in [0.15, 0.2) is 11.5 Å². The molecule has 0 radical (unpaired) electrons. The molecule has 1 fully saturated rings. The summed E-state index contributed by atoms with van der Waals surface area (Å²) in [5, 5.41) is 10.4. The van der Waals surface area contributed by atoms with E-state index in [9.17, 15) is 9.67 Å². The topological polar surface area (TPSA) is 147 Å². The maximum Gasteiger partial charge on any atom is 0.348 e. The van der Waals surface area contributed by atoms with Gasteiger partial charge in [0.1, 0.15) is 11.8 Å². The molecule has 5 N–H and O–H groups in total. The first-order valence-corrected chi connectivity index (χ1v) is 8.37.